The second-order valence-electron chi connectivity index (χ2n) is 5.87. The van der Waals surface area contributed by atoms with E-state index in [9.17, 15) is 0 Å². The van der Waals surface area contributed by atoms with Gasteiger partial charge in [0.05, 0.1) is 13.2 Å². The normalized spacial score (nSPS) is 23.5. The lowest BCUT2D eigenvalue weighted by Gasteiger charge is -2.41. The molecule has 2 unspecified atom stereocenters. The van der Waals surface area contributed by atoms with Gasteiger partial charge in [-0.15, -0.1) is 0 Å². The van der Waals surface area contributed by atoms with Gasteiger partial charge in [0.15, 0.2) is 0 Å². The van der Waals surface area contributed by atoms with E-state index in [0.29, 0.717) is 12.1 Å². The van der Waals surface area contributed by atoms with E-state index in [4.69, 9.17) is 4.74 Å². The third-order valence-electron chi connectivity index (χ3n) is 3.77. The number of hydrogen-bond donors (Lipinski definition) is 1. The van der Waals surface area contributed by atoms with Crippen LogP contribution in [0.2, 0.25) is 0 Å². The van der Waals surface area contributed by atoms with Crippen LogP contribution in [-0.2, 0) is 4.74 Å². The minimum Gasteiger partial charge on any atom is -0.378 e. The highest BCUT2D eigenvalue weighted by Crippen LogP contribution is 2.17. The first-order valence-corrected chi connectivity index (χ1v) is 7.73. The van der Waals surface area contributed by atoms with Gasteiger partial charge < -0.3 is 10.1 Å². The lowest BCUT2D eigenvalue weighted by Crippen LogP contribution is -2.53. The van der Waals surface area contributed by atoms with Crippen molar-refractivity contribution in [2.24, 2.45) is 5.92 Å². The van der Waals surface area contributed by atoms with Gasteiger partial charge in [0, 0.05) is 25.2 Å². The van der Waals surface area contributed by atoms with Crippen molar-refractivity contribution in [2.75, 3.05) is 32.8 Å². The van der Waals surface area contributed by atoms with Gasteiger partial charge in [0.2, 0.25) is 0 Å². The van der Waals surface area contributed by atoms with Gasteiger partial charge in [-0.2, -0.15) is 0 Å². The second kappa shape index (κ2) is 8.89. The summed E-state index contributed by atoms with van der Waals surface area (Å²) in [7, 11) is 0. The van der Waals surface area contributed by atoms with Gasteiger partial charge >= 0.3 is 0 Å². The summed E-state index contributed by atoms with van der Waals surface area (Å²) in [5.41, 5.74) is 0. The summed E-state index contributed by atoms with van der Waals surface area (Å²) in [5.74, 6) is 0.735. The van der Waals surface area contributed by atoms with Crippen molar-refractivity contribution in [2.45, 2.75) is 59.0 Å². The minimum absolute atomic E-state index is 0.621. The fourth-order valence-corrected chi connectivity index (χ4v) is 2.76. The Kier molecular flexibility index (Phi) is 7.87. The summed E-state index contributed by atoms with van der Waals surface area (Å²) in [6, 6.07) is 1.30. The van der Waals surface area contributed by atoms with Crippen molar-refractivity contribution in [1.29, 1.82) is 0 Å². The summed E-state index contributed by atoms with van der Waals surface area (Å²) in [4.78, 5) is 2.68. The molecule has 1 aliphatic heterocycles. The van der Waals surface area contributed by atoms with E-state index in [2.05, 4.69) is 37.9 Å². The molecule has 1 N–H and O–H groups in total. The van der Waals surface area contributed by atoms with E-state index in [-0.39, 0.29) is 0 Å². The van der Waals surface area contributed by atoms with Crippen molar-refractivity contribution >= 4 is 0 Å². The second-order valence-corrected chi connectivity index (χ2v) is 5.87. The highest BCUT2D eigenvalue weighted by Gasteiger charge is 2.27. The molecule has 0 bridgehead atoms. The maximum atomic E-state index is 5.61. The first-order valence-electron chi connectivity index (χ1n) is 7.73. The number of morpholine rings is 1. The van der Waals surface area contributed by atoms with Gasteiger partial charge in [-0.3, -0.25) is 4.90 Å². The van der Waals surface area contributed by atoms with Crippen LogP contribution in [0, 0.1) is 5.92 Å². The summed E-state index contributed by atoms with van der Waals surface area (Å²) in [6.45, 7) is 14.3. The Hall–Kier alpha value is -0.120. The molecule has 0 aromatic rings. The lowest BCUT2D eigenvalue weighted by molar-refractivity contribution is -0.0315. The summed E-state index contributed by atoms with van der Waals surface area (Å²) < 4.78 is 5.61. The summed E-state index contributed by atoms with van der Waals surface area (Å²) >= 11 is 0. The van der Waals surface area contributed by atoms with E-state index < -0.39 is 0 Å². The van der Waals surface area contributed by atoms with Crippen LogP contribution in [0.15, 0.2) is 0 Å². The van der Waals surface area contributed by atoms with E-state index in [0.717, 1.165) is 38.8 Å². The molecule has 1 aliphatic rings. The monoisotopic (exact) mass is 256 g/mol. The molecule has 108 valence electrons. The smallest absolute Gasteiger partial charge is 0.0622 e. The molecule has 1 saturated heterocycles. The number of rotatable bonds is 8. The molecule has 0 aromatic heterocycles. The van der Waals surface area contributed by atoms with Crippen molar-refractivity contribution in [3.8, 4) is 0 Å². The zero-order chi connectivity index (χ0) is 13.4. The third kappa shape index (κ3) is 5.25. The summed E-state index contributed by atoms with van der Waals surface area (Å²) in [6.07, 6.45) is 3.76. The molecule has 0 saturated carbocycles. The Balaban J connectivity index is 2.47. The van der Waals surface area contributed by atoms with Gasteiger partial charge in [0.1, 0.15) is 0 Å². The van der Waals surface area contributed by atoms with Crippen LogP contribution in [0.1, 0.15) is 47.0 Å². The predicted molar refractivity (Wildman–Crippen MR) is 78.0 cm³/mol. The van der Waals surface area contributed by atoms with Gasteiger partial charge in [0.25, 0.3) is 0 Å². The zero-order valence-electron chi connectivity index (χ0n) is 12.7. The standard InChI is InChI=1S/C15H32N2O/c1-5-7-15(11-16-10-13(3)4)17-8-9-18-12-14(17)6-2/h13-16H,5-12H2,1-4H3. The molecule has 3 nitrogen and oxygen atoms in total. The van der Waals surface area contributed by atoms with Crippen molar-refractivity contribution in [3.05, 3.63) is 0 Å². The molecular weight excluding hydrogens is 224 g/mol. The quantitative estimate of drug-likeness (QED) is 0.722. The Morgan fingerprint density at radius 1 is 1.28 bits per heavy atom. The van der Waals surface area contributed by atoms with Gasteiger partial charge in [-0.05, 0) is 25.3 Å². The molecular formula is C15H32N2O. The highest BCUT2D eigenvalue weighted by molar-refractivity contribution is 4.82. The predicted octanol–water partition coefficient (Wildman–Crippen LogP) is 2.51. The number of ether oxygens (including phenoxy) is 1. The maximum absolute atomic E-state index is 5.61. The van der Waals surface area contributed by atoms with Gasteiger partial charge in [-0.25, -0.2) is 0 Å². The number of hydrogen-bond acceptors (Lipinski definition) is 3. The zero-order valence-corrected chi connectivity index (χ0v) is 12.7. The van der Waals surface area contributed by atoms with E-state index in [1.54, 1.807) is 0 Å². The average Bonchev–Trinajstić information content (AvgIpc) is 2.37. The molecule has 18 heavy (non-hydrogen) atoms. The van der Waals surface area contributed by atoms with Gasteiger partial charge in [-0.1, -0.05) is 34.1 Å². The Labute approximate surface area is 113 Å². The van der Waals surface area contributed by atoms with E-state index in [1.165, 1.54) is 19.3 Å². The van der Waals surface area contributed by atoms with Crippen LogP contribution in [0.3, 0.4) is 0 Å². The molecule has 0 amide bonds. The molecule has 0 radical (unpaired) electrons. The van der Waals surface area contributed by atoms with E-state index in [1.807, 2.05) is 0 Å². The molecule has 2 atom stereocenters. The summed E-state index contributed by atoms with van der Waals surface area (Å²) in [5, 5.41) is 3.63. The molecule has 0 spiro atoms. The Bertz CT molecular complexity index is 209. The minimum atomic E-state index is 0.621. The number of nitrogens with zero attached hydrogens (tertiary/aromatic N) is 1. The molecule has 1 heterocycles. The molecule has 3 heteroatoms. The third-order valence-corrected chi connectivity index (χ3v) is 3.77. The first-order chi connectivity index (χ1) is 8.69. The largest absolute Gasteiger partial charge is 0.378 e. The fourth-order valence-electron chi connectivity index (χ4n) is 2.76. The van der Waals surface area contributed by atoms with Crippen molar-refractivity contribution in [1.82, 2.24) is 10.2 Å². The Morgan fingerprint density at radius 3 is 2.67 bits per heavy atom. The molecule has 1 rings (SSSR count). The highest BCUT2D eigenvalue weighted by atomic mass is 16.5. The lowest BCUT2D eigenvalue weighted by atomic mass is 10.0. The van der Waals surface area contributed by atoms with Crippen molar-refractivity contribution in [3.63, 3.8) is 0 Å². The molecule has 0 aliphatic carbocycles. The molecule has 1 fully saturated rings. The van der Waals surface area contributed by atoms with Crippen LogP contribution in [0.25, 0.3) is 0 Å². The van der Waals surface area contributed by atoms with Crippen LogP contribution < -0.4 is 5.32 Å². The first kappa shape index (κ1) is 15.9. The fraction of sp³-hybridized carbons (Fsp3) is 1.00. The molecule has 0 aromatic carbocycles. The topological polar surface area (TPSA) is 24.5 Å². The Morgan fingerprint density at radius 2 is 2.06 bits per heavy atom. The van der Waals surface area contributed by atoms with Crippen LogP contribution in [0.4, 0.5) is 0 Å². The van der Waals surface area contributed by atoms with Crippen LogP contribution in [0.5, 0.6) is 0 Å². The van der Waals surface area contributed by atoms with E-state index >= 15 is 0 Å². The maximum Gasteiger partial charge on any atom is 0.0622 e. The average molecular weight is 256 g/mol. The van der Waals surface area contributed by atoms with Crippen molar-refractivity contribution < 1.29 is 4.74 Å². The SMILES string of the molecule is CCCC(CNCC(C)C)N1CCOCC1CC. The van der Waals surface area contributed by atoms with Crippen LogP contribution >= 0.6 is 0 Å². The number of nitrogens with one attached hydrogen (secondary N) is 1. The van der Waals surface area contributed by atoms with Crippen LogP contribution in [-0.4, -0.2) is 49.8 Å².